The maximum atomic E-state index is 12.7. The molecule has 0 spiro atoms. The highest BCUT2D eigenvalue weighted by Crippen LogP contribution is 2.38. The van der Waals surface area contributed by atoms with Crippen LogP contribution in [0.5, 0.6) is 11.5 Å². The van der Waals surface area contributed by atoms with Gasteiger partial charge >= 0.3 is 0 Å². The summed E-state index contributed by atoms with van der Waals surface area (Å²) in [5, 5.41) is 0.255. The highest BCUT2D eigenvalue weighted by atomic mass is 79.9. The summed E-state index contributed by atoms with van der Waals surface area (Å²) in [5.74, 6) is 0.475. The highest BCUT2D eigenvalue weighted by molar-refractivity contribution is 9.10. The lowest BCUT2D eigenvalue weighted by molar-refractivity contribution is 0.103. The first-order valence-corrected chi connectivity index (χ1v) is 7.17. The van der Waals surface area contributed by atoms with Crippen molar-refractivity contribution in [2.24, 2.45) is 0 Å². The average molecular weight is 371 g/mol. The number of anilines is 1. The lowest BCUT2D eigenvalue weighted by Gasteiger charge is -2.13. The molecule has 0 aliphatic carbocycles. The van der Waals surface area contributed by atoms with E-state index in [1.165, 1.54) is 14.2 Å². The molecule has 0 radical (unpaired) electrons. The number of carbonyl (C=O) groups excluding carboxylic acids is 1. The topological polar surface area (TPSA) is 61.5 Å². The van der Waals surface area contributed by atoms with Gasteiger partial charge in [-0.15, -0.1) is 0 Å². The molecular formula is C15H13BrClNO3. The molecule has 0 aliphatic rings. The van der Waals surface area contributed by atoms with E-state index in [0.29, 0.717) is 27.0 Å². The Morgan fingerprint density at radius 2 is 1.86 bits per heavy atom. The van der Waals surface area contributed by atoms with Crippen LogP contribution in [0.2, 0.25) is 5.02 Å². The van der Waals surface area contributed by atoms with Crippen LogP contribution < -0.4 is 15.2 Å². The first-order valence-electron chi connectivity index (χ1n) is 5.99. The highest BCUT2D eigenvalue weighted by Gasteiger charge is 2.21. The zero-order valence-corrected chi connectivity index (χ0v) is 13.8. The van der Waals surface area contributed by atoms with Crippen LogP contribution in [0.3, 0.4) is 0 Å². The molecule has 6 heteroatoms. The summed E-state index contributed by atoms with van der Waals surface area (Å²) in [6.07, 6.45) is 0. The molecule has 0 saturated heterocycles. The van der Waals surface area contributed by atoms with Crippen molar-refractivity contribution in [3.05, 3.63) is 51.0 Å². The summed E-state index contributed by atoms with van der Waals surface area (Å²) in [7, 11) is 2.95. The molecule has 0 amide bonds. The van der Waals surface area contributed by atoms with Gasteiger partial charge in [0.15, 0.2) is 11.5 Å². The number of ether oxygens (including phenoxy) is 2. The van der Waals surface area contributed by atoms with Crippen LogP contribution in [0.1, 0.15) is 15.9 Å². The van der Waals surface area contributed by atoms with E-state index in [1.807, 2.05) is 0 Å². The number of nitrogen functional groups attached to an aromatic ring is 1. The number of carbonyl (C=O) groups is 1. The van der Waals surface area contributed by atoms with Crippen molar-refractivity contribution in [2.75, 3.05) is 20.0 Å². The van der Waals surface area contributed by atoms with Crippen molar-refractivity contribution >= 4 is 39.0 Å². The Balaban J connectivity index is 2.58. The Morgan fingerprint density at radius 3 is 2.48 bits per heavy atom. The van der Waals surface area contributed by atoms with Crippen molar-refractivity contribution in [1.82, 2.24) is 0 Å². The molecule has 2 N–H and O–H groups in total. The number of halogens is 2. The maximum absolute atomic E-state index is 12.7. The van der Waals surface area contributed by atoms with Gasteiger partial charge in [-0.2, -0.15) is 0 Å². The standard InChI is InChI=1S/C15H13BrClNO3/c1-20-12-6-4-9(15(21-2)13(12)17)14(19)10-7-8(18)3-5-11(10)16/h3-7H,18H2,1-2H3. The number of nitrogens with two attached hydrogens (primary N) is 1. The summed E-state index contributed by atoms with van der Waals surface area (Å²) >= 11 is 9.52. The predicted molar refractivity (Wildman–Crippen MR) is 86.5 cm³/mol. The van der Waals surface area contributed by atoms with Crippen molar-refractivity contribution in [3.63, 3.8) is 0 Å². The van der Waals surface area contributed by atoms with Gasteiger partial charge in [0, 0.05) is 15.7 Å². The monoisotopic (exact) mass is 369 g/mol. The minimum atomic E-state index is -0.240. The third kappa shape index (κ3) is 2.99. The molecule has 0 bridgehead atoms. The van der Waals surface area contributed by atoms with Gasteiger partial charge in [0.25, 0.3) is 0 Å². The molecule has 0 aromatic heterocycles. The average Bonchev–Trinajstić information content (AvgIpc) is 2.48. The summed E-state index contributed by atoms with van der Waals surface area (Å²) in [4.78, 5) is 12.7. The molecule has 2 rings (SSSR count). The lowest BCUT2D eigenvalue weighted by Crippen LogP contribution is -2.06. The Labute approximate surface area is 135 Å². The second-order valence-electron chi connectivity index (χ2n) is 4.23. The number of rotatable bonds is 4. The molecule has 2 aromatic rings. The Hall–Kier alpha value is -1.72. The van der Waals surface area contributed by atoms with Crippen molar-refractivity contribution in [1.29, 1.82) is 0 Å². The van der Waals surface area contributed by atoms with Crippen LogP contribution in [0.25, 0.3) is 0 Å². The van der Waals surface area contributed by atoms with Gasteiger partial charge in [0.2, 0.25) is 0 Å². The van der Waals surface area contributed by atoms with Crippen LogP contribution in [0.4, 0.5) is 5.69 Å². The van der Waals surface area contributed by atoms with Gasteiger partial charge < -0.3 is 15.2 Å². The van der Waals surface area contributed by atoms with E-state index >= 15 is 0 Å². The van der Waals surface area contributed by atoms with Crippen molar-refractivity contribution < 1.29 is 14.3 Å². The Morgan fingerprint density at radius 1 is 1.14 bits per heavy atom. The Bertz CT molecular complexity index is 704. The number of hydrogen-bond donors (Lipinski definition) is 1. The molecule has 0 heterocycles. The lowest BCUT2D eigenvalue weighted by atomic mass is 10.0. The van der Waals surface area contributed by atoms with E-state index in [9.17, 15) is 4.79 Å². The largest absolute Gasteiger partial charge is 0.495 e. The van der Waals surface area contributed by atoms with E-state index in [-0.39, 0.29) is 16.6 Å². The number of ketones is 1. The maximum Gasteiger partial charge on any atom is 0.198 e. The van der Waals surface area contributed by atoms with Crippen LogP contribution in [0.15, 0.2) is 34.8 Å². The molecule has 0 aliphatic heterocycles. The van der Waals surface area contributed by atoms with Crippen LogP contribution in [-0.4, -0.2) is 20.0 Å². The van der Waals surface area contributed by atoms with Crippen molar-refractivity contribution in [3.8, 4) is 11.5 Å². The number of benzene rings is 2. The second kappa shape index (κ2) is 6.37. The molecule has 4 nitrogen and oxygen atoms in total. The third-order valence-electron chi connectivity index (χ3n) is 2.97. The third-order valence-corrected chi connectivity index (χ3v) is 4.01. The smallest absolute Gasteiger partial charge is 0.198 e. The van der Waals surface area contributed by atoms with E-state index < -0.39 is 0 Å². The second-order valence-corrected chi connectivity index (χ2v) is 5.46. The number of methoxy groups -OCH3 is 2. The zero-order chi connectivity index (χ0) is 15.6. The zero-order valence-electron chi connectivity index (χ0n) is 11.4. The van der Waals surface area contributed by atoms with E-state index in [2.05, 4.69) is 15.9 Å². The normalized spacial score (nSPS) is 10.3. The first-order chi connectivity index (χ1) is 9.99. The van der Waals surface area contributed by atoms with Gasteiger partial charge in [-0.1, -0.05) is 27.5 Å². The van der Waals surface area contributed by atoms with E-state index in [4.69, 9.17) is 26.8 Å². The molecule has 110 valence electrons. The summed E-state index contributed by atoms with van der Waals surface area (Å²) < 4.78 is 11.0. The minimum Gasteiger partial charge on any atom is -0.495 e. The van der Waals surface area contributed by atoms with Gasteiger partial charge in [-0.25, -0.2) is 0 Å². The summed E-state index contributed by atoms with van der Waals surface area (Å²) in [6.45, 7) is 0. The molecule has 0 atom stereocenters. The van der Waals surface area contributed by atoms with Gasteiger partial charge in [0.05, 0.1) is 19.8 Å². The molecule has 0 unspecified atom stereocenters. The Kier molecular flexibility index (Phi) is 4.75. The van der Waals surface area contributed by atoms with E-state index in [0.717, 1.165) is 0 Å². The van der Waals surface area contributed by atoms with E-state index in [1.54, 1.807) is 30.3 Å². The molecule has 21 heavy (non-hydrogen) atoms. The van der Waals surface area contributed by atoms with Gasteiger partial charge in [0.1, 0.15) is 10.8 Å². The van der Waals surface area contributed by atoms with Crippen LogP contribution >= 0.6 is 27.5 Å². The summed E-state index contributed by atoms with van der Waals surface area (Å²) in [5.41, 5.74) is 7.02. The summed E-state index contributed by atoms with van der Waals surface area (Å²) in [6, 6.07) is 8.27. The van der Waals surface area contributed by atoms with Crippen molar-refractivity contribution in [2.45, 2.75) is 0 Å². The molecule has 2 aromatic carbocycles. The first kappa shape index (κ1) is 15.7. The minimum absolute atomic E-state index is 0.240. The van der Waals surface area contributed by atoms with Crippen LogP contribution in [0, 0.1) is 0 Å². The number of hydrogen-bond acceptors (Lipinski definition) is 4. The molecular weight excluding hydrogens is 358 g/mol. The fourth-order valence-electron chi connectivity index (χ4n) is 1.94. The van der Waals surface area contributed by atoms with Gasteiger partial charge in [-0.3, -0.25) is 4.79 Å². The fourth-order valence-corrected chi connectivity index (χ4v) is 2.68. The molecule has 0 fully saturated rings. The predicted octanol–water partition coefficient (Wildman–Crippen LogP) is 3.93. The SMILES string of the molecule is COc1ccc(C(=O)c2cc(N)ccc2Br)c(OC)c1Cl. The van der Waals surface area contributed by atoms with Gasteiger partial charge in [-0.05, 0) is 30.3 Å². The van der Waals surface area contributed by atoms with Crippen LogP contribution in [-0.2, 0) is 0 Å². The quantitative estimate of drug-likeness (QED) is 0.654. The fraction of sp³-hybridized carbons (Fsp3) is 0.133. The molecule has 0 saturated carbocycles.